The van der Waals surface area contributed by atoms with Gasteiger partial charge < -0.3 is 10.5 Å². The molecule has 3 nitrogen and oxygen atoms in total. The summed E-state index contributed by atoms with van der Waals surface area (Å²) in [5.41, 5.74) is 7.95. The summed E-state index contributed by atoms with van der Waals surface area (Å²) in [5.74, 6) is 1.39. The second-order valence-electron chi connectivity index (χ2n) is 4.44. The van der Waals surface area contributed by atoms with E-state index in [2.05, 4.69) is 37.0 Å². The van der Waals surface area contributed by atoms with Gasteiger partial charge in [-0.1, -0.05) is 19.9 Å². The zero-order valence-electron chi connectivity index (χ0n) is 10.9. The first-order valence-electron chi connectivity index (χ1n) is 5.98. The van der Waals surface area contributed by atoms with Crippen LogP contribution in [-0.4, -0.2) is 12.1 Å². The fraction of sp³-hybridized carbons (Fsp3) is 0.357. The third-order valence-corrected chi connectivity index (χ3v) is 3.94. The molecule has 0 radical (unpaired) electrons. The van der Waals surface area contributed by atoms with E-state index in [-0.39, 0.29) is 0 Å². The van der Waals surface area contributed by atoms with Crippen LogP contribution < -0.4 is 10.5 Å². The Hall–Kier alpha value is -1.39. The fourth-order valence-electron chi connectivity index (χ4n) is 1.80. The molecule has 0 aliphatic carbocycles. The largest absolute Gasteiger partial charge is 0.496 e. The van der Waals surface area contributed by atoms with Gasteiger partial charge in [0.2, 0.25) is 0 Å². The van der Waals surface area contributed by atoms with Crippen LogP contribution in [0.1, 0.15) is 30.3 Å². The van der Waals surface area contributed by atoms with Crippen molar-refractivity contribution in [3.05, 3.63) is 35.0 Å². The summed E-state index contributed by atoms with van der Waals surface area (Å²) >= 11 is 1.61. The van der Waals surface area contributed by atoms with Gasteiger partial charge in [-0.15, -0.1) is 11.3 Å². The Balaban J connectivity index is 2.44. The van der Waals surface area contributed by atoms with Crippen LogP contribution in [0.5, 0.6) is 5.75 Å². The molecule has 0 fully saturated rings. The van der Waals surface area contributed by atoms with Gasteiger partial charge in [-0.05, 0) is 23.6 Å². The minimum absolute atomic E-state index is 0.483. The highest BCUT2D eigenvalue weighted by Gasteiger charge is 2.11. The molecule has 96 valence electrons. The van der Waals surface area contributed by atoms with Crippen molar-refractivity contribution in [1.82, 2.24) is 4.98 Å². The molecule has 0 aliphatic heterocycles. The molecule has 0 spiro atoms. The molecule has 0 unspecified atom stereocenters. The summed E-state index contributed by atoms with van der Waals surface area (Å²) in [5, 5.41) is 0.944. The van der Waals surface area contributed by atoms with Gasteiger partial charge in [-0.2, -0.15) is 0 Å². The Morgan fingerprint density at radius 3 is 2.72 bits per heavy atom. The second kappa shape index (κ2) is 5.50. The van der Waals surface area contributed by atoms with Crippen LogP contribution in [0.4, 0.5) is 0 Å². The van der Waals surface area contributed by atoms with Gasteiger partial charge in [0.15, 0.2) is 0 Å². The number of rotatable bonds is 4. The summed E-state index contributed by atoms with van der Waals surface area (Å²) in [6.07, 6.45) is 1.86. The maximum atomic E-state index is 5.59. The molecule has 1 heterocycles. The van der Waals surface area contributed by atoms with Gasteiger partial charge in [0.25, 0.3) is 0 Å². The van der Waals surface area contributed by atoms with Crippen molar-refractivity contribution in [2.24, 2.45) is 5.73 Å². The SMILES string of the molecule is COc1cc(C(C)C)ccc1-c1cnc(CN)s1. The number of methoxy groups -OCH3 is 1. The lowest BCUT2D eigenvalue weighted by atomic mass is 10.0. The molecule has 1 aromatic carbocycles. The molecule has 4 heteroatoms. The number of benzene rings is 1. The highest BCUT2D eigenvalue weighted by atomic mass is 32.1. The molecular weight excluding hydrogens is 244 g/mol. The van der Waals surface area contributed by atoms with Crippen LogP contribution in [0.25, 0.3) is 10.4 Å². The van der Waals surface area contributed by atoms with E-state index in [1.807, 2.05) is 6.20 Å². The molecule has 0 saturated heterocycles. The standard InChI is InChI=1S/C14H18N2OS/c1-9(2)10-4-5-11(12(6-10)17-3)13-8-16-14(7-15)18-13/h4-6,8-9H,7,15H2,1-3H3. The highest BCUT2D eigenvalue weighted by Crippen LogP contribution is 2.35. The zero-order chi connectivity index (χ0) is 13.1. The van der Waals surface area contributed by atoms with Crippen LogP contribution in [0.2, 0.25) is 0 Å². The minimum Gasteiger partial charge on any atom is -0.496 e. The monoisotopic (exact) mass is 262 g/mol. The number of thiazole rings is 1. The Bertz CT molecular complexity index is 534. The number of ether oxygens (including phenoxy) is 1. The summed E-state index contributed by atoms with van der Waals surface area (Å²) in [6, 6.07) is 6.34. The summed E-state index contributed by atoms with van der Waals surface area (Å²) in [6.45, 7) is 4.83. The van der Waals surface area contributed by atoms with E-state index in [0.717, 1.165) is 21.2 Å². The normalized spacial score (nSPS) is 10.9. The third-order valence-electron chi connectivity index (χ3n) is 2.89. The van der Waals surface area contributed by atoms with E-state index in [1.165, 1.54) is 5.56 Å². The van der Waals surface area contributed by atoms with Crippen molar-refractivity contribution in [2.45, 2.75) is 26.3 Å². The highest BCUT2D eigenvalue weighted by molar-refractivity contribution is 7.15. The van der Waals surface area contributed by atoms with Crippen LogP contribution in [0, 0.1) is 0 Å². The molecule has 2 aromatic rings. The molecule has 0 atom stereocenters. The summed E-state index contributed by atoms with van der Waals surface area (Å²) < 4.78 is 5.48. The minimum atomic E-state index is 0.483. The molecule has 2 rings (SSSR count). The van der Waals surface area contributed by atoms with Gasteiger partial charge in [0.1, 0.15) is 10.8 Å². The summed E-state index contributed by atoms with van der Waals surface area (Å²) in [7, 11) is 1.70. The smallest absolute Gasteiger partial charge is 0.127 e. The van der Waals surface area contributed by atoms with E-state index in [1.54, 1.807) is 18.4 Å². The lowest BCUT2D eigenvalue weighted by Crippen LogP contribution is -1.93. The lowest BCUT2D eigenvalue weighted by Gasteiger charge is -2.11. The molecule has 0 saturated carbocycles. The van der Waals surface area contributed by atoms with E-state index in [0.29, 0.717) is 12.5 Å². The van der Waals surface area contributed by atoms with Crippen LogP contribution in [0.3, 0.4) is 0 Å². The van der Waals surface area contributed by atoms with Crippen molar-refractivity contribution >= 4 is 11.3 Å². The molecule has 18 heavy (non-hydrogen) atoms. The Kier molecular flexibility index (Phi) is 3.99. The number of hydrogen-bond donors (Lipinski definition) is 1. The molecular formula is C14H18N2OS. The van der Waals surface area contributed by atoms with E-state index < -0.39 is 0 Å². The van der Waals surface area contributed by atoms with Gasteiger partial charge in [0, 0.05) is 18.3 Å². The molecule has 0 aliphatic rings. The molecule has 0 amide bonds. The van der Waals surface area contributed by atoms with Crippen molar-refractivity contribution in [3.8, 4) is 16.2 Å². The van der Waals surface area contributed by atoms with Crippen molar-refractivity contribution < 1.29 is 4.74 Å². The number of nitrogens with two attached hydrogens (primary N) is 1. The zero-order valence-corrected chi connectivity index (χ0v) is 11.8. The number of hydrogen-bond acceptors (Lipinski definition) is 4. The predicted molar refractivity (Wildman–Crippen MR) is 76.1 cm³/mol. The van der Waals surface area contributed by atoms with Gasteiger partial charge in [0.05, 0.1) is 12.0 Å². The van der Waals surface area contributed by atoms with E-state index in [9.17, 15) is 0 Å². The third kappa shape index (κ3) is 2.54. The Labute approximate surface area is 112 Å². The number of aromatic nitrogens is 1. The van der Waals surface area contributed by atoms with Gasteiger partial charge >= 0.3 is 0 Å². The average molecular weight is 262 g/mol. The van der Waals surface area contributed by atoms with Crippen molar-refractivity contribution in [3.63, 3.8) is 0 Å². The first-order chi connectivity index (χ1) is 8.65. The topological polar surface area (TPSA) is 48.1 Å². The first-order valence-corrected chi connectivity index (χ1v) is 6.80. The van der Waals surface area contributed by atoms with Crippen molar-refractivity contribution in [1.29, 1.82) is 0 Å². The second-order valence-corrected chi connectivity index (χ2v) is 5.55. The molecule has 1 aromatic heterocycles. The van der Waals surface area contributed by atoms with E-state index in [4.69, 9.17) is 10.5 Å². The quantitative estimate of drug-likeness (QED) is 0.918. The Morgan fingerprint density at radius 1 is 1.39 bits per heavy atom. The van der Waals surface area contributed by atoms with Crippen LogP contribution >= 0.6 is 11.3 Å². The maximum absolute atomic E-state index is 5.59. The first kappa shape index (κ1) is 13.1. The van der Waals surface area contributed by atoms with Gasteiger partial charge in [-0.25, -0.2) is 4.98 Å². The summed E-state index contributed by atoms with van der Waals surface area (Å²) in [4.78, 5) is 5.38. The number of nitrogens with zero attached hydrogens (tertiary/aromatic N) is 1. The fourth-order valence-corrected chi connectivity index (χ4v) is 2.63. The lowest BCUT2D eigenvalue weighted by molar-refractivity contribution is 0.416. The average Bonchev–Trinajstić information content (AvgIpc) is 2.86. The molecule has 0 bridgehead atoms. The molecule has 2 N–H and O–H groups in total. The van der Waals surface area contributed by atoms with Crippen molar-refractivity contribution in [2.75, 3.05) is 7.11 Å². The predicted octanol–water partition coefficient (Wildman–Crippen LogP) is 3.40. The van der Waals surface area contributed by atoms with Crippen LogP contribution in [0.15, 0.2) is 24.4 Å². The van der Waals surface area contributed by atoms with E-state index >= 15 is 0 Å². The Morgan fingerprint density at radius 2 is 2.17 bits per heavy atom. The van der Waals surface area contributed by atoms with Crippen LogP contribution in [-0.2, 0) is 6.54 Å². The maximum Gasteiger partial charge on any atom is 0.127 e. The van der Waals surface area contributed by atoms with Gasteiger partial charge in [-0.3, -0.25) is 0 Å².